The van der Waals surface area contributed by atoms with Crippen LogP contribution in [-0.4, -0.2) is 53.7 Å². The van der Waals surface area contributed by atoms with Crippen molar-refractivity contribution in [2.24, 2.45) is 7.05 Å². The van der Waals surface area contributed by atoms with Crippen LogP contribution in [0.3, 0.4) is 0 Å². The number of carbonyl (C=O) groups is 1. The predicted octanol–water partition coefficient (Wildman–Crippen LogP) is 4.08. The summed E-state index contributed by atoms with van der Waals surface area (Å²) in [7, 11) is 5.04. The Labute approximate surface area is 192 Å². The van der Waals surface area contributed by atoms with Crippen LogP contribution in [0.2, 0.25) is 0 Å². The number of hydrogen-bond acceptors (Lipinski definition) is 7. The second-order valence-electron chi connectivity index (χ2n) is 6.99. The minimum Gasteiger partial charge on any atom is -0.497 e. The van der Waals surface area contributed by atoms with Crippen LogP contribution in [0.15, 0.2) is 47.6 Å². The molecule has 0 saturated heterocycles. The zero-order valence-corrected chi connectivity index (χ0v) is 19.9. The van der Waals surface area contributed by atoms with Gasteiger partial charge in [-0.25, -0.2) is 0 Å². The van der Waals surface area contributed by atoms with Gasteiger partial charge in [0, 0.05) is 37.5 Å². The molecule has 0 spiro atoms. The molecule has 0 aliphatic rings. The topological polar surface area (TPSA) is 81.5 Å². The molecule has 8 nitrogen and oxygen atoms in total. The molecule has 0 unspecified atom stereocenters. The Balaban J connectivity index is 1.64. The van der Waals surface area contributed by atoms with Gasteiger partial charge in [-0.05, 0) is 50.2 Å². The number of rotatable bonds is 10. The number of amides is 1. The van der Waals surface area contributed by atoms with E-state index in [4.69, 9.17) is 9.47 Å². The average molecular weight is 456 g/mol. The monoisotopic (exact) mass is 455 g/mol. The molecule has 32 heavy (non-hydrogen) atoms. The first-order chi connectivity index (χ1) is 15.5. The third-order valence-electron chi connectivity index (χ3n) is 5.10. The highest BCUT2D eigenvalue weighted by molar-refractivity contribution is 7.99. The van der Waals surface area contributed by atoms with Gasteiger partial charge in [-0.1, -0.05) is 11.8 Å². The molecule has 170 valence electrons. The lowest BCUT2D eigenvalue weighted by Crippen LogP contribution is -2.21. The van der Waals surface area contributed by atoms with Gasteiger partial charge in [0.25, 0.3) is 0 Å². The molecule has 0 atom stereocenters. The molecule has 1 aromatic heterocycles. The molecular weight excluding hydrogens is 426 g/mol. The lowest BCUT2D eigenvalue weighted by Gasteiger charge is -2.21. The molecule has 3 rings (SSSR count). The summed E-state index contributed by atoms with van der Waals surface area (Å²) in [5.74, 6) is 1.99. The third-order valence-corrected chi connectivity index (χ3v) is 6.12. The number of ether oxygens (including phenoxy) is 2. The summed E-state index contributed by atoms with van der Waals surface area (Å²) in [6.45, 7) is 6.21. The van der Waals surface area contributed by atoms with Crippen LogP contribution in [0.4, 0.5) is 11.4 Å². The van der Waals surface area contributed by atoms with Crippen LogP contribution in [-0.2, 0) is 11.8 Å². The number of aromatic nitrogens is 3. The summed E-state index contributed by atoms with van der Waals surface area (Å²) in [6.07, 6.45) is 0. The van der Waals surface area contributed by atoms with Crippen molar-refractivity contribution in [1.29, 1.82) is 0 Å². The highest BCUT2D eigenvalue weighted by atomic mass is 32.2. The van der Waals surface area contributed by atoms with Crippen molar-refractivity contribution in [1.82, 2.24) is 14.8 Å². The molecule has 1 heterocycles. The fraction of sp³-hybridized carbons (Fsp3) is 0.348. The maximum absolute atomic E-state index is 12.5. The number of methoxy groups -OCH3 is 2. The minimum absolute atomic E-state index is 0.161. The lowest BCUT2D eigenvalue weighted by atomic mass is 10.2. The largest absolute Gasteiger partial charge is 0.497 e. The van der Waals surface area contributed by atoms with E-state index in [-0.39, 0.29) is 11.7 Å². The first kappa shape index (κ1) is 23.5. The van der Waals surface area contributed by atoms with E-state index in [1.807, 2.05) is 11.6 Å². The quantitative estimate of drug-likeness (QED) is 0.461. The SMILES string of the molecule is CCN(CC)c1ccc(-c2nnc(SCC(=O)Nc3ccc(OC)cc3OC)n2C)cc1. The Morgan fingerprint density at radius 2 is 1.78 bits per heavy atom. The summed E-state index contributed by atoms with van der Waals surface area (Å²) in [5.41, 5.74) is 2.75. The van der Waals surface area contributed by atoms with Gasteiger partial charge in [-0.15, -0.1) is 10.2 Å². The molecule has 1 amide bonds. The highest BCUT2D eigenvalue weighted by Gasteiger charge is 2.15. The Hall–Kier alpha value is -3.20. The second-order valence-corrected chi connectivity index (χ2v) is 7.93. The Bertz CT molecular complexity index is 1050. The summed E-state index contributed by atoms with van der Waals surface area (Å²) < 4.78 is 12.4. The van der Waals surface area contributed by atoms with Crippen LogP contribution in [0.25, 0.3) is 11.4 Å². The van der Waals surface area contributed by atoms with Crippen molar-refractivity contribution in [2.45, 2.75) is 19.0 Å². The lowest BCUT2D eigenvalue weighted by molar-refractivity contribution is -0.113. The van der Waals surface area contributed by atoms with Crippen molar-refractivity contribution >= 4 is 29.0 Å². The van der Waals surface area contributed by atoms with E-state index < -0.39 is 0 Å². The van der Waals surface area contributed by atoms with E-state index in [1.165, 1.54) is 17.4 Å². The van der Waals surface area contributed by atoms with E-state index in [1.54, 1.807) is 32.4 Å². The van der Waals surface area contributed by atoms with Crippen molar-refractivity contribution < 1.29 is 14.3 Å². The van der Waals surface area contributed by atoms with Crippen LogP contribution in [0.5, 0.6) is 11.5 Å². The van der Waals surface area contributed by atoms with Gasteiger partial charge in [0.2, 0.25) is 5.91 Å². The van der Waals surface area contributed by atoms with E-state index >= 15 is 0 Å². The summed E-state index contributed by atoms with van der Waals surface area (Å²) >= 11 is 1.33. The molecule has 0 aliphatic carbocycles. The van der Waals surface area contributed by atoms with Gasteiger partial charge in [0.15, 0.2) is 11.0 Å². The van der Waals surface area contributed by atoms with Crippen molar-refractivity contribution in [2.75, 3.05) is 43.3 Å². The minimum atomic E-state index is -0.161. The standard InChI is InChI=1S/C23H29N5O3S/c1-6-28(7-2)17-10-8-16(9-11-17)22-25-26-23(27(22)3)32-15-21(29)24-19-13-12-18(30-4)14-20(19)31-5/h8-14H,6-7,15H2,1-5H3,(H,24,29). The molecule has 0 aliphatic heterocycles. The molecule has 2 aromatic carbocycles. The highest BCUT2D eigenvalue weighted by Crippen LogP contribution is 2.30. The van der Waals surface area contributed by atoms with E-state index in [0.29, 0.717) is 22.3 Å². The maximum atomic E-state index is 12.5. The van der Waals surface area contributed by atoms with Crippen LogP contribution in [0.1, 0.15) is 13.8 Å². The van der Waals surface area contributed by atoms with Gasteiger partial charge < -0.3 is 24.3 Å². The normalized spacial score (nSPS) is 10.7. The molecule has 3 aromatic rings. The van der Waals surface area contributed by atoms with Crippen molar-refractivity contribution in [3.8, 4) is 22.9 Å². The second kappa shape index (κ2) is 10.9. The van der Waals surface area contributed by atoms with Crippen molar-refractivity contribution in [3.05, 3.63) is 42.5 Å². The number of thioether (sulfide) groups is 1. The van der Waals surface area contributed by atoms with Crippen LogP contribution >= 0.6 is 11.8 Å². The van der Waals surface area contributed by atoms with Crippen LogP contribution < -0.4 is 19.7 Å². The molecule has 0 fully saturated rings. The summed E-state index contributed by atoms with van der Waals surface area (Å²) in [5, 5.41) is 12.1. The zero-order chi connectivity index (χ0) is 23.1. The summed E-state index contributed by atoms with van der Waals surface area (Å²) in [6, 6.07) is 13.5. The number of anilines is 2. The third kappa shape index (κ3) is 5.34. The molecule has 9 heteroatoms. The zero-order valence-electron chi connectivity index (χ0n) is 19.1. The first-order valence-electron chi connectivity index (χ1n) is 10.4. The number of hydrogen-bond donors (Lipinski definition) is 1. The van der Waals surface area contributed by atoms with Crippen LogP contribution in [0, 0.1) is 0 Å². The fourth-order valence-corrected chi connectivity index (χ4v) is 4.03. The first-order valence-corrected chi connectivity index (χ1v) is 11.4. The van der Waals surface area contributed by atoms with E-state index in [0.717, 1.165) is 24.5 Å². The fourth-order valence-electron chi connectivity index (χ4n) is 3.32. The van der Waals surface area contributed by atoms with E-state index in [9.17, 15) is 4.79 Å². The Morgan fingerprint density at radius 1 is 1.06 bits per heavy atom. The van der Waals surface area contributed by atoms with Gasteiger partial charge in [-0.3, -0.25) is 4.79 Å². The smallest absolute Gasteiger partial charge is 0.234 e. The Morgan fingerprint density at radius 3 is 2.41 bits per heavy atom. The molecule has 1 N–H and O–H groups in total. The molecular formula is C23H29N5O3S. The maximum Gasteiger partial charge on any atom is 0.234 e. The predicted molar refractivity (Wildman–Crippen MR) is 129 cm³/mol. The molecule has 0 bridgehead atoms. The number of nitrogens with zero attached hydrogens (tertiary/aromatic N) is 4. The number of nitrogens with one attached hydrogen (secondary N) is 1. The number of carbonyl (C=O) groups excluding carboxylic acids is 1. The summed E-state index contributed by atoms with van der Waals surface area (Å²) in [4.78, 5) is 14.8. The van der Waals surface area contributed by atoms with Crippen molar-refractivity contribution in [3.63, 3.8) is 0 Å². The van der Waals surface area contributed by atoms with Gasteiger partial charge in [0.1, 0.15) is 11.5 Å². The molecule has 0 radical (unpaired) electrons. The molecule has 0 saturated carbocycles. The Kier molecular flexibility index (Phi) is 7.99. The van der Waals surface area contributed by atoms with Gasteiger partial charge >= 0.3 is 0 Å². The average Bonchev–Trinajstić information content (AvgIpc) is 3.19. The van der Waals surface area contributed by atoms with Gasteiger partial charge in [-0.2, -0.15) is 0 Å². The van der Waals surface area contributed by atoms with E-state index in [2.05, 4.69) is 58.5 Å². The van der Waals surface area contributed by atoms with Gasteiger partial charge in [0.05, 0.1) is 25.7 Å². The number of benzene rings is 2.